The molecule has 0 saturated carbocycles. The van der Waals surface area contributed by atoms with Crippen LogP contribution in [0.3, 0.4) is 0 Å². The van der Waals surface area contributed by atoms with E-state index in [0.717, 1.165) is 15.8 Å². The Kier molecular flexibility index (Phi) is 7.84. The van der Waals surface area contributed by atoms with Crippen molar-refractivity contribution in [1.82, 2.24) is 15.3 Å². The Hall–Kier alpha value is -3.40. The van der Waals surface area contributed by atoms with E-state index in [2.05, 4.69) is 29.1 Å². The lowest BCUT2D eigenvalue weighted by molar-refractivity contribution is 0.0408. The molecule has 0 fully saturated rings. The maximum Gasteiger partial charge on any atom is 0.411 e. The zero-order valence-electron chi connectivity index (χ0n) is 20.9. The summed E-state index contributed by atoms with van der Waals surface area (Å²) in [6.07, 6.45) is 0.838. The molecule has 1 atom stereocenters. The van der Waals surface area contributed by atoms with E-state index in [0.29, 0.717) is 23.6 Å². The number of nitrogens with zero attached hydrogens (tertiary/aromatic N) is 2. The van der Waals surface area contributed by atoms with Gasteiger partial charge >= 0.3 is 12.2 Å². The van der Waals surface area contributed by atoms with E-state index in [9.17, 15) is 9.59 Å². The molecule has 3 N–H and O–H groups in total. The molecule has 3 rings (SSSR count). The number of hydrogen-bond acceptors (Lipinski definition) is 8. The number of rotatable bonds is 8. The highest BCUT2D eigenvalue weighted by Gasteiger charge is 2.31. The number of nitrogens with two attached hydrogens (primary N) is 1. The fourth-order valence-electron chi connectivity index (χ4n) is 3.84. The van der Waals surface area contributed by atoms with Crippen LogP contribution in [0.2, 0.25) is 0 Å². The smallest absolute Gasteiger partial charge is 0.411 e. The number of benzene rings is 1. The molecule has 3 aromatic rings. The average molecular weight is 501 g/mol. The summed E-state index contributed by atoms with van der Waals surface area (Å²) in [5, 5.41) is 2.99. The lowest BCUT2D eigenvalue weighted by Gasteiger charge is -2.33. The maximum absolute atomic E-state index is 12.5. The van der Waals surface area contributed by atoms with Gasteiger partial charge in [-0.05, 0) is 63.8 Å². The van der Waals surface area contributed by atoms with Gasteiger partial charge in [0, 0.05) is 17.8 Å². The van der Waals surface area contributed by atoms with Crippen molar-refractivity contribution in [2.24, 2.45) is 11.7 Å². The molecular formula is C25H32N4O5S. The lowest BCUT2D eigenvalue weighted by atomic mass is 9.91. The van der Waals surface area contributed by atoms with Crippen LogP contribution in [0.25, 0.3) is 21.3 Å². The Labute approximate surface area is 209 Å². The largest absolute Gasteiger partial charge is 0.489 e. The van der Waals surface area contributed by atoms with Crippen molar-refractivity contribution in [3.63, 3.8) is 0 Å². The SMILES string of the molecule is CC(C)C[C@@](C)(COc1ccc(-c2ccnc(OC(N)=O)c2)c2scnc12)NC(=O)OC(C)(C)C. The molecule has 0 spiro atoms. The first kappa shape index (κ1) is 26.2. The second-order valence-electron chi connectivity index (χ2n) is 10.0. The first-order valence-corrected chi connectivity index (χ1v) is 12.2. The lowest BCUT2D eigenvalue weighted by Crippen LogP contribution is -2.52. The van der Waals surface area contributed by atoms with Gasteiger partial charge in [0.05, 0.1) is 15.7 Å². The number of pyridine rings is 1. The second kappa shape index (κ2) is 10.5. The van der Waals surface area contributed by atoms with Crippen LogP contribution in [-0.4, -0.2) is 39.9 Å². The molecule has 0 bridgehead atoms. The standard InChI is InChI=1S/C25H32N4O5S/c1-15(2)12-25(6,29-23(31)34-24(3,4)5)13-32-18-8-7-17(21-20(18)28-14-35-21)16-9-10-27-19(11-16)33-22(26)30/h7-11,14-15H,12-13H2,1-6H3,(H2,26,30)(H,29,31)/t25-/m0/s1. The topological polar surface area (TPSA) is 126 Å². The summed E-state index contributed by atoms with van der Waals surface area (Å²) in [6, 6.07) is 7.22. The van der Waals surface area contributed by atoms with E-state index >= 15 is 0 Å². The Morgan fingerprint density at radius 1 is 1.14 bits per heavy atom. The van der Waals surface area contributed by atoms with Gasteiger partial charge in [-0.1, -0.05) is 13.8 Å². The van der Waals surface area contributed by atoms with Gasteiger partial charge in [0.2, 0.25) is 5.88 Å². The number of aromatic nitrogens is 2. The summed E-state index contributed by atoms with van der Waals surface area (Å²) < 4.78 is 17.5. The van der Waals surface area contributed by atoms with E-state index in [1.54, 1.807) is 17.8 Å². The van der Waals surface area contributed by atoms with E-state index in [1.807, 2.05) is 45.9 Å². The number of primary amides is 1. The van der Waals surface area contributed by atoms with Crippen LogP contribution in [0.15, 0.2) is 36.0 Å². The van der Waals surface area contributed by atoms with E-state index < -0.39 is 23.3 Å². The third-order valence-corrected chi connectivity index (χ3v) is 5.77. The van der Waals surface area contributed by atoms with Gasteiger partial charge in [0.1, 0.15) is 23.5 Å². The van der Waals surface area contributed by atoms with Gasteiger partial charge in [-0.15, -0.1) is 11.3 Å². The first-order valence-electron chi connectivity index (χ1n) is 11.3. The zero-order valence-corrected chi connectivity index (χ0v) is 21.7. The molecular weight excluding hydrogens is 468 g/mol. The molecule has 1 aromatic carbocycles. The minimum atomic E-state index is -0.925. The number of thiazole rings is 1. The number of hydrogen-bond donors (Lipinski definition) is 2. The van der Waals surface area contributed by atoms with Crippen LogP contribution in [0.5, 0.6) is 11.6 Å². The summed E-state index contributed by atoms with van der Waals surface area (Å²) >= 11 is 1.47. The highest BCUT2D eigenvalue weighted by Crippen LogP contribution is 2.37. The van der Waals surface area contributed by atoms with Crippen LogP contribution >= 0.6 is 11.3 Å². The number of ether oxygens (including phenoxy) is 3. The number of nitrogens with one attached hydrogen (secondary N) is 1. The molecule has 0 radical (unpaired) electrons. The molecule has 2 amide bonds. The third-order valence-electron chi connectivity index (χ3n) is 4.91. The molecule has 2 heterocycles. The minimum Gasteiger partial charge on any atom is -0.489 e. The van der Waals surface area contributed by atoms with Crippen LogP contribution < -0.4 is 20.5 Å². The highest BCUT2D eigenvalue weighted by molar-refractivity contribution is 7.17. The van der Waals surface area contributed by atoms with Crippen LogP contribution in [0, 0.1) is 5.92 Å². The fourth-order valence-corrected chi connectivity index (χ4v) is 4.68. The van der Waals surface area contributed by atoms with Crippen molar-refractivity contribution >= 4 is 33.7 Å². The van der Waals surface area contributed by atoms with Gasteiger partial charge in [-0.25, -0.2) is 19.6 Å². The van der Waals surface area contributed by atoms with Crippen LogP contribution in [-0.2, 0) is 4.74 Å². The summed E-state index contributed by atoms with van der Waals surface area (Å²) in [4.78, 5) is 32.1. The van der Waals surface area contributed by atoms with Crippen molar-refractivity contribution in [3.8, 4) is 22.8 Å². The number of amides is 2. The van der Waals surface area contributed by atoms with Crippen molar-refractivity contribution in [2.75, 3.05) is 6.61 Å². The maximum atomic E-state index is 12.5. The Morgan fingerprint density at radius 2 is 1.89 bits per heavy atom. The van der Waals surface area contributed by atoms with Crippen molar-refractivity contribution in [3.05, 3.63) is 36.0 Å². The number of carbonyl (C=O) groups is 2. The predicted octanol–water partition coefficient (Wildman–Crippen LogP) is 5.52. The highest BCUT2D eigenvalue weighted by atomic mass is 32.1. The van der Waals surface area contributed by atoms with Crippen molar-refractivity contribution in [2.45, 2.75) is 59.1 Å². The molecule has 35 heavy (non-hydrogen) atoms. The molecule has 0 saturated heterocycles. The van der Waals surface area contributed by atoms with Crippen LogP contribution in [0.4, 0.5) is 9.59 Å². The predicted molar refractivity (Wildman–Crippen MR) is 136 cm³/mol. The Bertz CT molecular complexity index is 1200. The molecule has 0 unspecified atom stereocenters. The molecule has 2 aromatic heterocycles. The van der Waals surface area contributed by atoms with Gasteiger partial charge < -0.3 is 25.3 Å². The number of carbonyl (C=O) groups excluding carboxylic acids is 2. The summed E-state index contributed by atoms with van der Waals surface area (Å²) in [5.74, 6) is 1.04. The quantitative estimate of drug-likeness (QED) is 0.417. The van der Waals surface area contributed by atoms with E-state index in [1.165, 1.54) is 11.3 Å². The third kappa shape index (κ3) is 7.29. The monoisotopic (exact) mass is 500 g/mol. The van der Waals surface area contributed by atoms with E-state index in [-0.39, 0.29) is 12.5 Å². The average Bonchev–Trinajstić information content (AvgIpc) is 3.19. The van der Waals surface area contributed by atoms with Gasteiger partial charge in [0.15, 0.2) is 0 Å². The molecule has 0 aliphatic heterocycles. The Morgan fingerprint density at radius 3 is 2.54 bits per heavy atom. The molecule has 0 aliphatic carbocycles. The normalized spacial score (nSPS) is 13.3. The van der Waals surface area contributed by atoms with Gasteiger partial charge in [-0.3, -0.25) is 0 Å². The first-order chi connectivity index (χ1) is 16.3. The molecule has 10 heteroatoms. The molecule has 9 nitrogen and oxygen atoms in total. The molecule has 0 aliphatic rings. The van der Waals surface area contributed by atoms with Gasteiger partial charge in [0.25, 0.3) is 0 Å². The number of fused-ring (bicyclic) bond motifs is 1. The number of alkyl carbamates (subject to hydrolysis) is 1. The second-order valence-corrected chi connectivity index (χ2v) is 10.9. The van der Waals surface area contributed by atoms with E-state index in [4.69, 9.17) is 19.9 Å². The summed E-state index contributed by atoms with van der Waals surface area (Å²) in [5.41, 5.74) is 8.00. The van der Waals surface area contributed by atoms with Crippen LogP contribution in [0.1, 0.15) is 48.0 Å². The summed E-state index contributed by atoms with van der Waals surface area (Å²) in [7, 11) is 0. The Balaban J connectivity index is 1.85. The minimum absolute atomic E-state index is 0.116. The van der Waals surface area contributed by atoms with Crippen molar-refractivity contribution in [1.29, 1.82) is 0 Å². The summed E-state index contributed by atoms with van der Waals surface area (Å²) in [6.45, 7) is 11.9. The van der Waals surface area contributed by atoms with Gasteiger partial charge in [-0.2, -0.15) is 0 Å². The van der Waals surface area contributed by atoms with Crippen molar-refractivity contribution < 1.29 is 23.8 Å². The fraction of sp³-hybridized carbons (Fsp3) is 0.440. The zero-order chi connectivity index (χ0) is 25.8. The molecule has 188 valence electrons.